The first-order chi connectivity index (χ1) is 10.3. The summed E-state index contributed by atoms with van der Waals surface area (Å²) in [6.45, 7) is 8.03. The molecule has 0 aliphatic carbocycles. The van der Waals surface area contributed by atoms with Gasteiger partial charge in [-0.1, -0.05) is 0 Å². The molecule has 0 aliphatic heterocycles. The van der Waals surface area contributed by atoms with Crippen molar-refractivity contribution in [3.8, 4) is 0 Å². The summed E-state index contributed by atoms with van der Waals surface area (Å²) in [4.78, 5) is 26.5. The number of anilines is 1. The molecule has 2 heterocycles. The topological polar surface area (TPSA) is 89.0 Å². The van der Waals surface area contributed by atoms with Gasteiger partial charge in [0.2, 0.25) is 0 Å². The SMILES string of the molecule is CCOC(=O)c1cc(NC(=O)c2cnn(C(C)(C)C)c2)c[nH]1. The fraction of sp³-hybridized carbons (Fsp3) is 0.400. The van der Waals surface area contributed by atoms with E-state index in [1.165, 1.54) is 12.3 Å². The van der Waals surface area contributed by atoms with Gasteiger partial charge in [0.05, 0.1) is 29.6 Å². The van der Waals surface area contributed by atoms with Crippen molar-refractivity contribution in [2.75, 3.05) is 11.9 Å². The van der Waals surface area contributed by atoms with Crippen molar-refractivity contribution in [2.24, 2.45) is 0 Å². The molecule has 118 valence electrons. The van der Waals surface area contributed by atoms with Gasteiger partial charge in [-0.2, -0.15) is 5.10 Å². The van der Waals surface area contributed by atoms with Gasteiger partial charge in [0.25, 0.3) is 5.91 Å². The first-order valence-electron chi connectivity index (χ1n) is 7.03. The lowest BCUT2D eigenvalue weighted by Gasteiger charge is -2.18. The van der Waals surface area contributed by atoms with E-state index in [-0.39, 0.29) is 11.4 Å². The minimum absolute atomic E-state index is 0.191. The van der Waals surface area contributed by atoms with Crippen LogP contribution >= 0.6 is 0 Å². The number of H-pyrrole nitrogens is 1. The minimum atomic E-state index is -0.455. The van der Waals surface area contributed by atoms with Crippen molar-refractivity contribution in [2.45, 2.75) is 33.2 Å². The molecule has 22 heavy (non-hydrogen) atoms. The molecule has 0 radical (unpaired) electrons. The molecule has 7 nitrogen and oxygen atoms in total. The lowest BCUT2D eigenvalue weighted by atomic mass is 10.1. The zero-order valence-corrected chi connectivity index (χ0v) is 13.1. The van der Waals surface area contributed by atoms with Crippen LogP contribution in [0.15, 0.2) is 24.7 Å². The van der Waals surface area contributed by atoms with E-state index in [4.69, 9.17) is 4.74 Å². The molecule has 2 aromatic heterocycles. The summed E-state index contributed by atoms with van der Waals surface area (Å²) in [5.74, 6) is -0.742. The zero-order valence-electron chi connectivity index (χ0n) is 13.1. The molecule has 2 N–H and O–H groups in total. The van der Waals surface area contributed by atoms with Crippen LogP contribution in [0.25, 0.3) is 0 Å². The summed E-state index contributed by atoms with van der Waals surface area (Å²) >= 11 is 0. The summed E-state index contributed by atoms with van der Waals surface area (Å²) in [6, 6.07) is 1.53. The number of aromatic amines is 1. The highest BCUT2D eigenvalue weighted by molar-refractivity contribution is 6.04. The van der Waals surface area contributed by atoms with Crippen molar-refractivity contribution in [1.82, 2.24) is 14.8 Å². The van der Waals surface area contributed by atoms with Crippen LogP contribution in [0.4, 0.5) is 5.69 Å². The number of hydrogen-bond donors (Lipinski definition) is 2. The fourth-order valence-electron chi connectivity index (χ4n) is 1.80. The van der Waals surface area contributed by atoms with Crippen molar-refractivity contribution >= 4 is 17.6 Å². The molecule has 0 aliphatic rings. The van der Waals surface area contributed by atoms with Gasteiger partial charge in [0, 0.05) is 12.4 Å². The van der Waals surface area contributed by atoms with Gasteiger partial charge in [-0.25, -0.2) is 4.79 Å². The highest BCUT2D eigenvalue weighted by atomic mass is 16.5. The largest absolute Gasteiger partial charge is 0.461 e. The van der Waals surface area contributed by atoms with Crippen LogP contribution < -0.4 is 5.32 Å². The molecule has 2 aromatic rings. The Morgan fingerprint density at radius 1 is 1.41 bits per heavy atom. The Morgan fingerprint density at radius 3 is 2.73 bits per heavy atom. The molecule has 0 bridgehead atoms. The van der Waals surface area contributed by atoms with E-state index in [0.717, 1.165) is 0 Å². The Kier molecular flexibility index (Phi) is 4.35. The van der Waals surface area contributed by atoms with Gasteiger partial charge in [-0.05, 0) is 33.8 Å². The number of nitrogens with zero attached hydrogens (tertiary/aromatic N) is 2. The van der Waals surface area contributed by atoms with E-state index in [2.05, 4.69) is 15.4 Å². The second kappa shape index (κ2) is 6.05. The monoisotopic (exact) mass is 304 g/mol. The van der Waals surface area contributed by atoms with E-state index >= 15 is 0 Å². The van der Waals surface area contributed by atoms with E-state index < -0.39 is 5.97 Å². The van der Waals surface area contributed by atoms with Crippen LogP contribution in [0, 0.1) is 0 Å². The van der Waals surface area contributed by atoms with Gasteiger partial charge in [0.1, 0.15) is 5.69 Å². The second-order valence-corrected chi connectivity index (χ2v) is 5.82. The van der Waals surface area contributed by atoms with Gasteiger partial charge < -0.3 is 15.0 Å². The third kappa shape index (κ3) is 3.55. The van der Waals surface area contributed by atoms with Gasteiger partial charge in [0.15, 0.2) is 0 Å². The van der Waals surface area contributed by atoms with Crippen molar-refractivity contribution in [3.63, 3.8) is 0 Å². The highest BCUT2D eigenvalue weighted by Crippen LogP contribution is 2.15. The number of carbonyl (C=O) groups is 2. The van der Waals surface area contributed by atoms with Crippen LogP contribution in [0.1, 0.15) is 48.5 Å². The lowest BCUT2D eigenvalue weighted by molar-refractivity contribution is 0.0520. The quantitative estimate of drug-likeness (QED) is 0.849. The second-order valence-electron chi connectivity index (χ2n) is 5.82. The molecule has 0 fully saturated rings. The number of hydrogen-bond acceptors (Lipinski definition) is 4. The average Bonchev–Trinajstić information content (AvgIpc) is 3.07. The number of rotatable bonds is 4. The molecule has 7 heteroatoms. The molecule has 0 spiro atoms. The van der Waals surface area contributed by atoms with Crippen molar-refractivity contribution in [3.05, 3.63) is 35.9 Å². The van der Waals surface area contributed by atoms with Gasteiger partial charge in [-0.3, -0.25) is 9.48 Å². The Labute approximate surface area is 128 Å². The fourth-order valence-corrected chi connectivity index (χ4v) is 1.80. The third-order valence-electron chi connectivity index (χ3n) is 2.97. The summed E-state index contributed by atoms with van der Waals surface area (Å²) in [5, 5.41) is 6.89. The molecular weight excluding hydrogens is 284 g/mol. The average molecular weight is 304 g/mol. The van der Waals surface area contributed by atoms with Crippen LogP contribution in [0.3, 0.4) is 0 Å². The van der Waals surface area contributed by atoms with Crippen molar-refractivity contribution in [1.29, 1.82) is 0 Å². The number of carbonyl (C=O) groups excluding carboxylic acids is 2. The van der Waals surface area contributed by atoms with E-state index in [9.17, 15) is 9.59 Å². The zero-order chi connectivity index (χ0) is 16.3. The van der Waals surface area contributed by atoms with Crippen molar-refractivity contribution < 1.29 is 14.3 Å². The summed E-state index contributed by atoms with van der Waals surface area (Å²) < 4.78 is 6.60. The third-order valence-corrected chi connectivity index (χ3v) is 2.97. The summed E-state index contributed by atoms with van der Waals surface area (Å²) in [5.41, 5.74) is 1.05. The molecule has 2 rings (SSSR count). The molecule has 0 aromatic carbocycles. The van der Waals surface area contributed by atoms with Crippen LogP contribution in [0.2, 0.25) is 0 Å². The Hall–Kier alpha value is -2.57. The minimum Gasteiger partial charge on any atom is -0.461 e. The summed E-state index contributed by atoms with van der Waals surface area (Å²) in [6.07, 6.45) is 4.74. The number of esters is 1. The maximum absolute atomic E-state index is 12.2. The van der Waals surface area contributed by atoms with E-state index in [1.807, 2.05) is 20.8 Å². The number of nitrogens with one attached hydrogen (secondary N) is 2. The number of ether oxygens (including phenoxy) is 1. The Bertz CT molecular complexity index is 679. The Morgan fingerprint density at radius 2 is 2.14 bits per heavy atom. The van der Waals surface area contributed by atoms with Crippen LogP contribution in [0.5, 0.6) is 0 Å². The van der Waals surface area contributed by atoms with Crippen LogP contribution in [-0.4, -0.2) is 33.2 Å². The first-order valence-corrected chi connectivity index (χ1v) is 7.03. The number of amides is 1. The molecule has 0 unspecified atom stereocenters. The maximum atomic E-state index is 12.2. The normalized spacial score (nSPS) is 11.3. The highest BCUT2D eigenvalue weighted by Gasteiger charge is 2.17. The lowest BCUT2D eigenvalue weighted by Crippen LogP contribution is -2.22. The van der Waals surface area contributed by atoms with E-state index in [0.29, 0.717) is 23.6 Å². The van der Waals surface area contributed by atoms with Gasteiger partial charge in [-0.15, -0.1) is 0 Å². The standard InChI is InChI=1S/C15H20N4O3/c1-5-22-14(21)12-6-11(8-16-12)18-13(20)10-7-17-19(9-10)15(2,3)4/h6-9,16H,5H2,1-4H3,(H,18,20). The molecule has 0 saturated heterocycles. The molecular formula is C15H20N4O3. The predicted molar refractivity (Wildman–Crippen MR) is 81.9 cm³/mol. The Balaban J connectivity index is 2.06. The smallest absolute Gasteiger partial charge is 0.354 e. The maximum Gasteiger partial charge on any atom is 0.354 e. The van der Waals surface area contributed by atoms with Gasteiger partial charge >= 0.3 is 5.97 Å². The van der Waals surface area contributed by atoms with Crippen LogP contribution in [-0.2, 0) is 10.3 Å². The predicted octanol–water partition coefficient (Wildman–Crippen LogP) is 2.40. The molecule has 0 atom stereocenters. The summed E-state index contributed by atoms with van der Waals surface area (Å²) in [7, 11) is 0. The first kappa shape index (κ1) is 15.8. The van der Waals surface area contributed by atoms with E-state index in [1.54, 1.807) is 24.0 Å². The molecule has 1 amide bonds. The number of aromatic nitrogens is 3. The molecule has 0 saturated carbocycles.